The summed E-state index contributed by atoms with van der Waals surface area (Å²) >= 11 is 13.4. The number of benzene rings is 2. The average molecular weight is 600 g/mol. The van der Waals surface area contributed by atoms with Gasteiger partial charge < -0.3 is 0 Å². The minimum absolute atomic E-state index is 0.0258. The second kappa shape index (κ2) is 9.52. The van der Waals surface area contributed by atoms with Crippen LogP contribution in [0.3, 0.4) is 0 Å². The lowest BCUT2D eigenvalue weighted by Crippen LogP contribution is -2.49. The number of alkyl halides is 2. The van der Waals surface area contributed by atoms with E-state index in [1.165, 1.54) is 24.3 Å². The van der Waals surface area contributed by atoms with E-state index >= 15 is 0 Å². The molecule has 0 bridgehead atoms. The van der Waals surface area contributed by atoms with Crippen molar-refractivity contribution in [3.63, 3.8) is 0 Å². The summed E-state index contributed by atoms with van der Waals surface area (Å²) in [6, 6.07) is 11.9. The van der Waals surface area contributed by atoms with Crippen molar-refractivity contribution in [2.24, 2.45) is 11.8 Å². The molecule has 0 aromatic heterocycles. The number of nitrogens with zero attached hydrogens (tertiary/aromatic N) is 3. The molecule has 2 aliphatic rings. The zero-order chi connectivity index (χ0) is 23.9. The zero-order valence-electron chi connectivity index (χ0n) is 17.1. The molecule has 0 spiro atoms. The summed E-state index contributed by atoms with van der Waals surface area (Å²) in [6.45, 7) is -0.109. The second-order valence-corrected chi connectivity index (χ2v) is 10.7. The summed E-state index contributed by atoms with van der Waals surface area (Å²) in [5.41, 5.74) is 0.497. The maximum absolute atomic E-state index is 13.5. The van der Waals surface area contributed by atoms with Gasteiger partial charge in [-0.25, -0.2) is 5.01 Å². The molecule has 1 aliphatic heterocycles. The van der Waals surface area contributed by atoms with E-state index in [4.69, 9.17) is 11.6 Å². The van der Waals surface area contributed by atoms with Crippen LogP contribution < -0.4 is 0 Å². The molecular weight excluding hydrogens is 582 g/mol. The van der Waals surface area contributed by atoms with Gasteiger partial charge in [-0.1, -0.05) is 61.7 Å². The van der Waals surface area contributed by atoms with E-state index in [2.05, 4.69) is 31.9 Å². The Morgan fingerprint density at radius 1 is 1.03 bits per heavy atom. The summed E-state index contributed by atoms with van der Waals surface area (Å²) in [7, 11) is 0. The monoisotopic (exact) mass is 597 g/mol. The lowest BCUT2D eigenvalue weighted by atomic mass is 9.81. The fourth-order valence-electron chi connectivity index (χ4n) is 4.21. The zero-order valence-corrected chi connectivity index (χ0v) is 21.0. The number of fused-ring (bicyclic) bond motifs is 1. The SMILES string of the molecule is O=C(c1ccc([N+](=O)[O-])cc1)N(Cc1ccccc1Cl)N1C(=O)[C@H]2C[C@@H](Br)[C@@H](Br)C[C@H]2C1=O. The van der Waals surface area contributed by atoms with E-state index in [0.717, 1.165) is 10.0 Å². The molecule has 1 heterocycles. The molecule has 3 amide bonds. The number of carbonyl (C=O) groups excluding carboxylic acids is 3. The van der Waals surface area contributed by atoms with Gasteiger partial charge in [-0.15, -0.1) is 0 Å². The minimum atomic E-state index is -0.629. The van der Waals surface area contributed by atoms with Crippen LogP contribution in [0.1, 0.15) is 28.8 Å². The van der Waals surface area contributed by atoms with Crippen LogP contribution in [0, 0.1) is 22.0 Å². The molecule has 2 aromatic rings. The predicted molar refractivity (Wildman–Crippen MR) is 128 cm³/mol. The van der Waals surface area contributed by atoms with Gasteiger partial charge in [-0.05, 0) is 36.6 Å². The van der Waals surface area contributed by atoms with E-state index in [-0.39, 0.29) is 27.4 Å². The van der Waals surface area contributed by atoms with E-state index in [1.54, 1.807) is 24.3 Å². The molecule has 8 nitrogen and oxygen atoms in total. The van der Waals surface area contributed by atoms with Crippen molar-refractivity contribution in [1.82, 2.24) is 10.0 Å². The lowest BCUT2D eigenvalue weighted by Gasteiger charge is -2.31. The van der Waals surface area contributed by atoms with Crippen LogP contribution in [0.15, 0.2) is 48.5 Å². The van der Waals surface area contributed by atoms with Crippen LogP contribution >= 0.6 is 43.5 Å². The molecule has 33 heavy (non-hydrogen) atoms. The first-order valence-electron chi connectivity index (χ1n) is 10.1. The molecule has 1 aliphatic carbocycles. The Balaban J connectivity index is 1.72. The van der Waals surface area contributed by atoms with Crippen molar-refractivity contribution in [3.05, 3.63) is 74.8 Å². The first-order valence-corrected chi connectivity index (χ1v) is 12.4. The molecule has 4 atom stereocenters. The summed E-state index contributed by atoms with van der Waals surface area (Å²) in [4.78, 5) is 50.7. The highest BCUT2D eigenvalue weighted by Crippen LogP contribution is 2.44. The largest absolute Gasteiger partial charge is 0.273 e. The Hall–Kier alpha value is -2.30. The van der Waals surface area contributed by atoms with E-state index in [1.807, 2.05) is 0 Å². The van der Waals surface area contributed by atoms with E-state index in [9.17, 15) is 24.5 Å². The number of nitro groups is 1. The van der Waals surface area contributed by atoms with Crippen LogP contribution in [0.5, 0.6) is 0 Å². The van der Waals surface area contributed by atoms with Crippen molar-refractivity contribution in [2.45, 2.75) is 29.0 Å². The summed E-state index contributed by atoms with van der Waals surface area (Å²) in [6.07, 6.45) is 0.931. The van der Waals surface area contributed by atoms with Gasteiger partial charge in [0.05, 0.1) is 23.3 Å². The number of imide groups is 1. The average Bonchev–Trinajstić information content (AvgIpc) is 3.02. The van der Waals surface area contributed by atoms with Crippen molar-refractivity contribution >= 4 is 66.9 Å². The van der Waals surface area contributed by atoms with Gasteiger partial charge in [0.15, 0.2) is 0 Å². The second-order valence-electron chi connectivity index (χ2n) is 7.96. The quantitative estimate of drug-likeness (QED) is 0.214. The third-order valence-electron chi connectivity index (χ3n) is 5.97. The third kappa shape index (κ3) is 4.56. The number of non-ortho nitro benzene ring substituents is 1. The van der Waals surface area contributed by atoms with Crippen LogP contribution in [0.4, 0.5) is 5.69 Å². The molecule has 11 heteroatoms. The molecule has 1 saturated heterocycles. The number of hydrogen-bond donors (Lipinski definition) is 0. The highest BCUT2D eigenvalue weighted by molar-refractivity contribution is 9.12. The topological polar surface area (TPSA) is 101 Å². The van der Waals surface area contributed by atoms with Gasteiger partial charge in [0.2, 0.25) is 0 Å². The van der Waals surface area contributed by atoms with Gasteiger partial charge in [-0.2, -0.15) is 5.01 Å². The van der Waals surface area contributed by atoms with Crippen LogP contribution in [-0.4, -0.2) is 42.3 Å². The number of carbonyl (C=O) groups is 3. The fourth-order valence-corrected chi connectivity index (χ4v) is 5.64. The lowest BCUT2D eigenvalue weighted by molar-refractivity contribution is -0.384. The molecule has 172 valence electrons. The van der Waals surface area contributed by atoms with E-state index < -0.39 is 34.5 Å². The molecular formula is C22H18Br2ClN3O5. The van der Waals surface area contributed by atoms with Crippen LogP contribution in [0.2, 0.25) is 5.02 Å². The molecule has 0 N–H and O–H groups in total. The Morgan fingerprint density at radius 3 is 2.09 bits per heavy atom. The Kier molecular flexibility index (Phi) is 6.88. The smallest absolute Gasteiger partial charge is 0.272 e. The highest BCUT2D eigenvalue weighted by Gasteiger charge is 2.54. The first-order chi connectivity index (χ1) is 15.7. The maximum Gasteiger partial charge on any atom is 0.273 e. The Morgan fingerprint density at radius 2 is 1.58 bits per heavy atom. The van der Waals surface area contributed by atoms with Crippen molar-refractivity contribution < 1.29 is 19.3 Å². The summed E-state index contributed by atoms with van der Waals surface area (Å²) in [5, 5.41) is 13.4. The summed E-state index contributed by atoms with van der Waals surface area (Å²) in [5.74, 6) is -2.56. The van der Waals surface area contributed by atoms with Gasteiger partial charge in [0.25, 0.3) is 23.4 Å². The normalized spacial score (nSPS) is 24.5. The molecule has 0 unspecified atom stereocenters. The van der Waals surface area contributed by atoms with Gasteiger partial charge in [-0.3, -0.25) is 24.5 Å². The Bertz CT molecular complexity index is 1100. The fraction of sp³-hybridized carbons (Fsp3) is 0.318. The number of hydrazine groups is 1. The number of rotatable bonds is 5. The first kappa shape index (κ1) is 23.8. The maximum atomic E-state index is 13.5. The van der Waals surface area contributed by atoms with Crippen molar-refractivity contribution in [2.75, 3.05) is 0 Å². The van der Waals surface area contributed by atoms with Crippen LogP contribution in [-0.2, 0) is 16.1 Å². The number of nitro benzene ring substituents is 1. The molecule has 2 fully saturated rings. The number of halogens is 3. The predicted octanol–water partition coefficient (Wildman–Crippen LogP) is 4.73. The Labute approximate surface area is 211 Å². The van der Waals surface area contributed by atoms with Crippen molar-refractivity contribution in [3.8, 4) is 0 Å². The molecule has 1 saturated carbocycles. The number of amides is 3. The highest BCUT2D eigenvalue weighted by atomic mass is 79.9. The molecule has 0 radical (unpaired) electrons. The van der Waals surface area contributed by atoms with Gasteiger partial charge in [0, 0.05) is 32.4 Å². The molecule has 4 rings (SSSR count). The third-order valence-corrected chi connectivity index (χ3v) is 9.07. The van der Waals surface area contributed by atoms with E-state index in [0.29, 0.717) is 23.4 Å². The van der Waals surface area contributed by atoms with Crippen LogP contribution in [0.25, 0.3) is 0 Å². The van der Waals surface area contributed by atoms with Crippen molar-refractivity contribution in [1.29, 1.82) is 0 Å². The standard InChI is InChI=1S/C22H18Br2ClN3O5/c23-17-9-15-16(10-18(17)24)22(31)27(21(15)30)26(11-13-3-1-2-4-19(13)25)20(29)12-5-7-14(8-6-12)28(32)33/h1-8,15-18H,9-11H2/t15-,16+,17+,18-. The molecule has 2 aromatic carbocycles. The van der Waals surface area contributed by atoms with Gasteiger partial charge >= 0.3 is 0 Å². The minimum Gasteiger partial charge on any atom is -0.272 e. The number of hydrogen-bond acceptors (Lipinski definition) is 5. The van der Waals surface area contributed by atoms with Gasteiger partial charge in [0.1, 0.15) is 0 Å². The summed E-state index contributed by atoms with van der Waals surface area (Å²) < 4.78 is 0.